The van der Waals surface area contributed by atoms with Crippen molar-refractivity contribution < 1.29 is 27.3 Å². The van der Waals surface area contributed by atoms with Crippen LogP contribution < -0.4 is 10.6 Å². The van der Waals surface area contributed by atoms with Crippen LogP contribution in [-0.2, 0) is 0 Å². The molecule has 2 heterocycles. The maximum absolute atomic E-state index is 12.9. The van der Waals surface area contributed by atoms with Crippen molar-refractivity contribution in [2.24, 2.45) is 0 Å². The minimum Gasteiger partial charge on any atom is -0.343 e. The first kappa shape index (κ1) is 21.3. The van der Waals surface area contributed by atoms with Gasteiger partial charge < -0.3 is 15.2 Å². The molecule has 0 fully saturated rings. The molecule has 0 radical (unpaired) electrons. The minimum atomic E-state index is -4.49. The number of anilines is 1. The monoisotopic (exact) mass is 420 g/mol. The van der Waals surface area contributed by atoms with Gasteiger partial charge in [-0.1, -0.05) is 19.0 Å². The maximum atomic E-state index is 12.9. The van der Waals surface area contributed by atoms with E-state index >= 15 is 0 Å². The van der Waals surface area contributed by atoms with Crippen LogP contribution in [0.15, 0.2) is 34.9 Å². The first-order valence-corrected chi connectivity index (χ1v) is 9.08. The van der Waals surface area contributed by atoms with Crippen LogP contribution >= 0.6 is 0 Å². The van der Waals surface area contributed by atoms with Crippen molar-refractivity contribution >= 4 is 28.6 Å². The van der Waals surface area contributed by atoms with Gasteiger partial charge in [0.25, 0.3) is 17.5 Å². The normalized spacial score (nSPS) is 11.7. The number of carbonyl (C=O) groups is 2. The zero-order valence-electron chi connectivity index (χ0n) is 16.4. The van der Waals surface area contributed by atoms with Gasteiger partial charge in [0.15, 0.2) is 0 Å². The van der Waals surface area contributed by atoms with E-state index in [1.807, 2.05) is 13.8 Å². The van der Waals surface area contributed by atoms with Crippen molar-refractivity contribution in [3.63, 3.8) is 0 Å². The van der Waals surface area contributed by atoms with Gasteiger partial charge in [-0.3, -0.25) is 9.59 Å². The highest BCUT2D eigenvalue weighted by Gasteiger charge is 2.28. The van der Waals surface area contributed by atoms with E-state index in [0.29, 0.717) is 28.0 Å². The van der Waals surface area contributed by atoms with Crippen LogP contribution in [0, 0.1) is 6.92 Å². The first-order chi connectivity index (χ1) is 14.0. The third-order valence-electron chi connectivity index (χ3n) is 4.33. The number of alkyl halides is 3. The Morgan fingerprint density at radius 2 is 1.80 bits per heavy atom. The van der Waals surface area contributed by atoms with Crippen LogP contribution in [0.4, 0.5) is 18.9 Å². The Labute approximate surface area is 169 Å². The number of benzene rings is 1. The summed E-state index contributed by atoms with van der Waals surface area (Å²) >= 11 is 0. The second-order valence-corrected chi connectivity index (χ2v) is 7.03. The van der Waals surface area contributed by atoms with E-state index in [9.17, 15) is 22.8 Å². The summed E-state index contributed by atoms with van der Waals surface area (Å²) in [5.74, 6) is -1.23. The number of carbonyl (C=O) groups excluding carboxylic acids is 2. The summed E-state index contributed by atoms with van der Waals surface area (Å²) in [6.45, 7) is 4.15. The minimum absolute atomic E-state index is 0.0422. The molecule has 0 aliphatic heterocycles. The largest absolute Gasteiger partial charge is 0.405 e. The van der Waals surface area contributed by atoms with Crippen LogP contribution in [0.1, 0.15) is 51.9 Å². The molecule has 3 aromatic rings. The maximum Gasteiger partial charge on any atom is 0.405 e. The standard InChI is InChI=1S/C20H19F3N4O3/c1-10(2)15-8-14(16-11(3)27-30-19(16)26-15)18(29)25-13-6-4-12(5-7-13)17(28)24-9-20(21,22)23/h4-8,10H,9H2,1-3H3,(H,24,28)(H,25,29). The smallest absolute Gasteiger partial charge is 0.343 e. The molecule has 0 saturated carbocycles. The molecule has 7 nitrogen and oxygen atoms in total. The predicted octanol–water partition coefficient (Wildman–Crippen LogP) is 4.20. The fourth-order valence-corrected chi connectivity index (χ4v) is 2.77. The van der Waals surface area contributed by atoms with Gasteiger partial charge >= 0.3 is 6.18 Å². The van der Waals surface area contributed by atoms with Gasteiger partial charge in [0, 0.05) is 16.9 Å². The molecule has 2 N–H and O–H groups in total. The summed E-state index contributed by atoms with van der Waals surface area (Å²) < 4.78 is 41.9. The van der Waals surface area contributed by atoms with Gasteiger partial charge in [0.2, 0.25) is 0 Å². The summed E-state index contributed by atoms with van der Waals surface area (Å²) in [5, 5.41) is 8.87. The third kappa shape index (κ3) is 4.76. The number of rotatable bonds is 5. The van der Waals surface area contributed by atoms with E-state index in [0.717, 1.165) is 0 Å². The Balaban J connectivity index is 1.80. The average Bonchev–Trinajstić information content (AvgIpc) is 3.06. The first-order valence-electron chi connectivity index (χ1n) is 9.08. The van der Waals surface area contributed by atoms with Crippen LogP contribution in [0.5, 0.6) is 0 Å². The molecule has 0 spiro atoms. The molecule has 0 aliphatic rings. The number of pyridine rings is 1. The number of fused-ring (bicyclic) bond motifs is 1. The zero-order chi connectivity index (χ0) is 22.1. The molecule has 3 rings (SSSR count). The summed E-state index contributed by atoms with van der Waals surface area (Å²) in [4.78, 5) is 29.0. The molecule has 1 aromatic carbocycles. The lowest BCUT2D eigenvalue weighted by Gasteiger charge is -2.11. The molecule has 2 amide bonds. The highest BCUT2D eigenvalue weighted by atomic mass is 19.4. The second kappa shape index (κ2) is 8.13. The molecular formula is C20H19F3N4O3. The van der Waals surface area contributed by atoms with E-state index in [2.05, 4.69) is 15.5 Å². The van der Waals surface area contributed by atoms with E-state index in [1.165, 1.54) is 24.3 Å². The zero-order valence-corrected chi connectivity index (χ0v) is 16.4. The number of aromatic nitrogens is 2. The van der Waals surface area contributed by atoms with Gasteiger partial charge in [-0.05, 0) is 43.2 Å². The number of aryl methyl sites for hydroxylation is 1. The van der Waals surface area contributed by atoms with E-state index in [4.69, 9.17) is 4.52 Å². The van der Waals surface area contributed by atoms with Crippen molar-refractivity contribution in [1.82, 2.24) is 15.5 Å². The van der Waals surface area contributed by atoms with Crippen molar-refractivity contribution in [3.8, 4) is 0 Å². The van der Waals surface area contributed by atoms with Gasteiger partial charge in [-0.25, -0.2) is 4.98 Å². The van der Waals surface area contributed by atoms with Crippen molar-refractivity contribution in [3.05, 3.63) is 52.8 Å². The highest BCUT2D eigenvalue weighted by Crippen LogP contribution is 2.26. The van der Waals surface area contributed by atoms with Gasteiger partial charge in [0.05, 0.1) is 16.6 Å². The van der Waals surface area contributed by atoms with Crippen LogP contribution in [0.25, 0.3) is 11.1 Å². The number of hydrogen-bond acceptors (Lipinski definition) is 5. The summed E-state index contributed by atoms with van der Waals surface area (Å²) in [7, 11) is 0. The number of halogens is 3. The predicted molar refractivity (Wildman–Crippen MR) is 103 cm³/mol. The Morgan fingerprint density at radius 1 is 1.13 bits per heavy atom. The van der Waals surface area contributed by atoms with E-state index < -0.39 is 24.5 Å². The molecule has 0 atom stereocenters. The Kier molecular flexibility index (Phi) is 5.77. The molecule has 10 heteroatoms. The summed E-state index contributed by atoms with van der Waals surface area (Å²) in [5.41, 5.74) is 2.21. The van der Waals surface area contributed by atoms with Gasteiger partial charge in [-0.2, -0.15) is 13.2 Å². The lowest BCUT2D eigenvalue weighted by molar-refractivity contribution is -0.123. The molecule has 2 aromatic heterocycles. The summed E-state index contributed by atoms with van der Waals surface area (Å²) in [6, 6.07) is 7.19. The highest BCUT2D eigenvalue weighted by molar-refractivity contribution is 6.12. The average molecular weight is 420 g/mol. The molecule has 0 aliphatic carbocycles. The molecular weight excluding hydrogens is 401 g/mol. The lowest BCUT2D eigenvalue weighted by Crippen LogP contribution is -2.33. The van der Waals surface area contributed by atoms with Crippen molar-refractivity contribution in [2.45, 2.75) is 32.9 Å². The molecule has 158 valence electrons. The van der Waals surface area contributed by atoms with Crippen LogP contribution in [0.3, 0.4) is 0 Å². The Hall–Kier alpha value is -3.43. The summed E-state index contributed by atoms with van der Waals surface area (Å²) in [6.07, 6.45) is -4.49. The Morgan fingerprint density at radius 3 is 2.40 bits per heavy atom. The number of nitrogens with zero attached hydrogens (tertiary/aromatic N) is 2. The number of amides is 2. The van der Waals surface area contributed by atoms with Gasteiger partial charge in [0.1, 0.15) is 6.54 Å². The molecule has 0 unspecified atom stereocenters. The van der Waals surface area contributed by atoms with E-state index in [-0.39, 0.29) is 17.2 Å². The van der Waals surface area contributed by atoms with Crippen LogP contribution in [0.2, 0.25) is 0 Å². The lowest BCUT2D eigenvalue weighted by atomic mass is 10.0. The third-order valence-corrected chi connectivity index (χ3v) is 4.33. The SMILES string of the molecule is Cc1noc2nc(C(C)C)cc(C(=O)Nc3ccc(C(=O)NCC(F)(F)F)cc3)c12. The van der Waals surface area contributed by atoms with Crippen molar-refractivity contribution in [2.75, 3.05) is 11.9 Å². The number of nitrogens with one attached hydrogen (secondary N) is 2. The fourth-order valence-electron chi connectivity index (χ4n) is 2.77. The topological polar surface area (TPSA) is 97.1 Å². The second-order valence-electron chi connectivity index (χ2n) is 7.03. The Bertz CT molecular complexity index is 1090. The fraction of sp³-hybridized carbons (Fsp3) is 0.300. The van der Waals surface area contributed by atoms with Gasteiger partial charge in [-0.15, -0.1) is 0 Å². The number of hydrogen-bond donors (Lipinski definition) is 2. The van der Waals surface area contributed by atoms with E-state index in [1.54, 1.807) is 18.3 Å². The molecule has 30 heavy (non-hydrogen) atoms. The molecule has 0 saturated heterocycles. The van der Waals surface area contributed by atoms with Crippen LogP contribution in [-0.4, -0.2) is 34.7 Å². The quantitative estimate of drug-likeness (QED) is 0.645. The van der Waals surface area contributed by atoms with Crippen molar-refractivity contribution in [1.29, 1.82) is 0 Å². The molecule has 0 bridgehead atoms.